The predicted octanol–water partition coefficient (Wildman–Crippen LogP) is 2.63. The Bertz CT molecular complexity index is 157. The van der Waals surface area contributed by atoms with Gasteiger partial charge in [0.05, 0.1) is 12.7 Å². The minimum atomic E-state index is 0.310. The summed E-state index contributed by atoms with van der Waals surface area (Å²) in [7, 11) is 1.79. The Balaban J connectivity index is 1.88. The van der Waals surface area contributed by atoms with E-state index in [1.165, 1.54) is 19.3 Å². The van der Waals surface area contributed by atoms with Gasteiger partial charge in [0.15, 0.2) is 0 Å². The first-order valence-corrected chi connectivity index (χ1v) is 6.56. The van der Waals surface area contributed by atoms with E-state index in [2.05, 4.69) is 6.92 Å². The van der Waals surface area contributed by atoms with Gasteiger partial charge in [-0.2, -0.15) is 0 Å². The Kier molecular flexibility index (Phi) is 7.81. The average molecular weight is 230 g/mol. The normalized spacial score (nSPS) is 18.4. The van der Waals surface area contributed by atoms with Crippen LogP contribution in [0.3, 0.4) is 0 Å². The molecule has 3 heteroatoms. The Morgan fingerprint density at radius 3 is 2.44 bits per heavy atom. The summed E-state index contributed by atoms with van der Waals surface area (Å²) in [6.45, 7) is 5.33. The third-order valence-electron chi connectivity index (χ3n) is 3.19. The molecule has 1 fully saturated rings. The highest BCUT2D eigenvalue weighted by atomic mass is 16.5. The van der Waals surface area contributed by atoms with Crippen LogP contribution in [0.2, 0.25) is 0 Å². The second-order valence-electron chi connectivity index (χ2n) is 4.51. The van der Waals surface area contributed by atoms with Crippen LogP contribution in [0.1, 0.15) is 39.0 Å². The van der Waals surface area contributed by atoms with Gasteiger partial charge in [-0.25, -0.2) is 0 Å². The van der Waals surface area contributed by atoms with E-state index in [4.69, 9.17) is 14.2 Å². The van der Waals surface area contributed by atoms with Crippen LogP contribution in [0.25, 0.3) is 0 Å². The van der Waals surface area contributed by atoms with Gasteiger partial charge in [-0.15, -0.1) is 0 Å². The zero-order chi connectivity index (χ0) is 11.6. The van der Waals surface area contributed by atoms with Crippen LogP contribution in [-0.2, 0) is 14.2 Å². The molecular weight excluding hydrogens is 204 g/mol. The average Bonchev–Trinajstić information content (AvgIpc) is 2.23. The lowest BCUT2D eigenvalue weighted by Crippen LogP contribution is -2.32. The zero-order valence-corrected chi connectivity index (χ0v) is 10.7. The molecule has 1 atom stereocenters. The Morgan fingerprint density at radius 2 is 1.88 bits per heavy atom. The first-order chi connectivity index (χ1) is 7.88. The number of ether oxygens (including phenoxy) is 3. The Labute approximate surface area is 99.5 Å². The molecule has 96 valence electrons. The standard InChI is InChI=1S/C13H26O3/c1-3-8-15-9-5-10-16-11-13(14-2)12-6-4-7-12/h12-13H,3-11H2,1-2H3. The predicted molar refractivity (Wildman–Crippen MR) is 64.7 cm³/mol. The topological polar surface area (TPSA) is 27.7 Å². The molecule has 1 saturated carbocycles. The van der Waals surface area contributed by atoms with E-state index in [0.29, 0.717) is 6.10 Å². The number of methoxy groups -OCH3 is 1. The maximum Gasteiger partial charge on any atom is 0.0832 e. The number of hydrogen-bond acceptors (Lipinski definition) is 3. The van der Waals surface area contributed by atoms with Gasteiger partial charge in [0.25, 0.3) is 0 Å². The summed E-state index contributed by atoms with van der Waals surface area (Å²) < 4.78 is 16.4. The number of rotatable bonds is 10. The SMILES string of the molecule is CCCOCCCOCC(OC)C1CCC1. The molecule has 0 N–H and O–H groups in total. The largest absolute Gasteiger partial charge is 0.381 e. The zero-order valence-electron chi connectivity index (χ0n) is 10.7. The van der Waals surface area contributed by atoms with E-state index in [-0.39, 0.29) is 0 Å². The molecule has 0 aromatic heterocycles. The molecule has 0 aromatic carbocycles. The fraction of sp³-hybridized carbons (Fsp3) is 1.00. The highest BCUT2D eigenvalue weighted by Gasteiger charge is 2.27. The monoisotopic (exact) mass is 230 g/mol. The molecule has 1 rings (SSSR count). The lowest BCUT2D eigenvalue weighted by molar-refractivity contribution is -0.0456. The molecule has 1 aliphatic carbocycles. The summed E-state index contributed by atoms with van der Waals surface area (Å²) in [6, 6.07) is 0. The maximum atomic E-state index is 5.62. The molecule has 0 amide bonds. The molecular formula is C13H26O3. The molecule has 3 nitrogen and oxygen atoms in total. The van der Waals surface area contributed by atoms with Crippen molar-refractivity contribution in [3.05, 3.63) is 0 Å². The van der Waals surface area contributed by atoms with Gasteiger partial charge in [0.1, 0.15) is 0 Å². The Hall–Kier alpha value is -0.120. The van der Waals surface area contributed by atoms with Crippen LogP contribution < -0.4 is 0 Å². The van der Waals surface area contributed by atoms with Crippen molar-refractivity contribution in [2.45, 2.75) is 45.1 Å². The van der Waals surface area contributed by atoms with E-state index in [9.17, 15) is 0 Å². The molecule has 0 bridgehead atoms. The summed E-state index contributed by atoms with van der Waals surface area (Å²) in [5.41, 5.74) is 0. The molecule has 0 radical (unpaired) electrons. The van der Waals surface area contributed by atoms with Crippen molar-refractivity contribution in [2.75, 3.05) is 33.5 Å². The third-order valence-corrected chi connectivity index (χ3v) is 3.19. The fourth-order valence-electron chi connectivity index (χ4n) is 1.92. The quantitative estimate of drug-likeness (QED) is 0.540. The summed E-state index contributed by atoms with van der Waals surface area (Å²) in [5, 5.41) is 0. The van der Waals surface area contributed by atoms with Crippen molar-refractivity contribution in [1.29, 1.82) is 0 Å². The third kappa shape index (κ3) is 5.28. The maximum absolute atomic E-state index is 5.62. The molecule has 0 aliphatic heterocycles. The first-order valence-electron chi connectivity index (χ1n) is 6.56. The second kappa shape index (κ2) is 8.97. The van der Waals surface area contributed by atoms with Crippen LogP contribution in [0, 0.1) is 5.92 Å². The summed E-state index contributed by atoms with van der Waals surface area (Å²) in [4.78, 5) is 0. The van der Waals surface area contributed by atoms with Gasteiger partial charge in [0, 0.05) is 26.9 Å². The minimum absolute atomic E-state index is 0.310. The minimum Gasteiger partial charge on any atom is -0.381 e. The number of hydrogen-bond donors (Lipinski definition) is 0. The lowest BCUT2D eigenvalue weighted by atomic mass is 9.81. The van der Waals surface area contributed by atoms with Crippen LogP contribution in [0.5, 0.6) is 0 Å². The van der Waals surface area contributed by atoms with Gasteiger partial charge in [-0.05, 0) is 31.6 Å². The first kappa shape index (κ1) is 13.9. The molecule has 0 aromatic rings. The molecule has 1 aliphatic rings. The lowest BCUT2D eigenvalue weighted by Gasteiger charge is -2.32. The molecule has 0 heterocycles. The molecule has 1 unspecified atom stereocenters. The highest BCUT2D eigenvalue weighted by Crippen LogP contribution is 2.30. The Morgan fingerprint density at radius 1 is 1.12 bits per heavy atom. The smallest absolute Gasteiger partial charge is 0.0832 e. The van der Waals surface area contributed by atoms with Crippen LogP contribution >= 0.6 is 0 Å². The van der Waals surface area contributed by atoms with Gasteiger partial charge >= 0.3 is 0 Å². The second-order valence-corrected chi connectivity index (χ2v) is 4.51. The van der Waals surface area contributed by atoms with Crippen molar-refractivity contribution in [1.82, 2.24) is 0 Å². The van der Waals surface area contributed by atoms with Gasteiger partial charge in [-0.3, -0.25) is 0 Å². The van der Waals surface area contributed by atoms with Crippen molar-refractivity contribution in [3.63, 3.8) is 0 Å². The van der Waals surface area contributed by atoms with Crippen LogP contribution in [0.4, 0.5) is 0 Å². The summed E-state index contributed by atoms with van der Waals surface area (Å²) in [5.74, 6) is 0.737. The van der Waals surface area contributed by atoms with Crippen molar-refractivity contribution >= 4 is 0 Å². The van der Waals surface area contributed by atoms with E-state index in [1.807, 2.05) is 0 Å². The van der Waals surface area contributed by atoms with Gasteiger partial charge in [0.2, 0.25) is 0 Å². The van der Waals surface area contributed by atoms with Crippen molar-refractivity contribution < 1.29 is 14.2 Å². The van der Waals surface area contributed by atoms with Gasteiger partial charge < -0.3 is 14.2 Å². The molecule has 0 saturated heterocycles. The van der Waals surface area contributed by atoms with Crippen LogP contribution in [-0.4, -0.2) is 39.6 Å². The summed E-state index contributed by atoms with van der Waals surface area (Å²) in [6.07, 6.45) is 6.36. The molecule has 0 spiro atoms. The van der Waals surface area contributed by atoms with E-state index in [0.717, 1.165) is 45.2 Å². The van der Waals surface area contributed by atoms with Gasteiger partial charge in [-0.1, -0.05) is 13.3 Å². The van der Waals surface area contributed by atoms with Crippen molar-refractivity contribution in [2.24, 2.45) is 5.92 Å². The summed E-state index contributed by atoms with van der Waals surface area (Å²) >= 11 is 0. The van der Waals surface area contributed by atoms with Crippen LogP contribution in [0.15, 0.2) is 0 Å². The molecule has 16 heavy (non-hydrogen) atoms. The highest BCUT2D eigenvalue weighted by molar-refractivity contribution is 4.77. The fourth-order valence-corrected chi connectivity index (χ4v) is 1.92. The van der Waals surface area contributed by atoms with E-state index in [1.54, 1.807) is 7.11 Å². The van der Waals surface area contributed by atoms with E-state index < -0.39 is 0 Å². The van der Waals surface area contributed by atoms with Crippen molar-refractivity contribution in [3.8, 4) is 0 Å². The van der Waals surface area contributed by atoms with E-state index >= 15 is 0 Å².